The van der Waals surface area contributed by atoms with E-state index in [1.807, 2.05) is 57.2 Å². The predicted octanol–water partition coefficient (Wildman–Crippen LogP) is 4.61. The number of rotatable bonds is 7. The van der Waals surface area contributed by atoms with Crippen molar-refractivity contribution in [3.63, 3.8) is 0 Å². The second-order valence-electron chi connectivity index (χ2n) is 7.48. The Bertz CT molecular complexity index is 952. The summed E-state index contributed by atoms with van der Waals surface area (Å²) < 4.78 is 26.4. The smallest absolute Gasteiger partial charge is 0.248 e. The van der Waals surface area contributed by atoms with Crippen molar-refractivity contribution in [1.29, 1.82) is 0 Å². The first-order valence-corrected chi connectivity index (χ1v) is 11.4. The van der Waals surface area contributed by atoms with E-state index in [4.69, 9.17) is 0 Å². The van der Waals surface area contributed by atoms with Crippen LogP contribution in [0.25, 0.3) is 0 Å². The van der Waals surface area contributed by atoms with Crippen molar-refractivity contribution in [3.8, 4) is 0 Å². The Morgan fingerprint density at radius 1 is 1.07 bits per heavy atom. The number of para-hydroxylation sites is 1. The second kappa shape index (κ2) is 8.78. The summed E-state index contributed by atoms with van der Waals surface area (Å²) in [5.74, 6) is -0.0958. The lowest BCUT2D eigenvalue weighted by atomic mass is 10.0. The topological polar surface area (TPSA) is 66.5 Å². The summed E-state index contributed by atoms with van der Waals surface area (Å²) >= 11 is 0. The van der Waals surface area contributed by atoms with E-state index < -0.39 is 16.1 Å². The molecule has 152 valence electrons. The first-order valence-electron chi connectivity index (χ1n) is 9.52. The van der Waals surface area contributed by atoms with E-state index in [-0.39, 0.29) is 11.8 Å². The van der Waals surface area contributed by atoms with Gasteiger partial charge in [-0.1, -0.05) is 45.0 Å². The van der Waals surface area contributed by atoms with Gasteiger partial charge in [-0.05, 0) is 61.1 Å². The maximum atomic E-state index is 13.1. The van der Waals surface area contributed by atoms with E-state index in [0.29, 0.717) is 12.1 Å². The number of nitrogens with zero attached hydrogens (tertiary/aromatic N) is 1. The number of amides is 1. The van der Waals surface area contributed by atoms with Crippen molar-refractivity contribution in [2.45, 2.75) is 53.0 Å². The number of carbonyl (C=O) groups excluding carboxylic acids is 1. The van der Waals surface area contributed by atoms with Gasteiger partial charge in [-0.3, -0.25) is 9.10 Å². The number of sulfonamides is 1. The van der Waals surface area contributed by atoms with Gasteiger partial charge in [0, 0.05) is 5.69 Å². The van der Waals surface area contributed by atoms with E-state index in [1.165, 1.54) is 4.31 Å². The third-order valence-corrected chi connectivity index (χ3v) is 6.10. The third kappa shape index (κ3) is 4.93. The molecule has 2 aromatic rings. The standard InChI is InChI=1S/C22H30N2O3S/c1-7-21(22(25)23-20-11-9-8-10-19(20)15(2)3)24(28(6,26)27)18-13-12-16(4)17(5)14-18/h8-15,21H,7H2,1-6H3,(H,23,25). The number of carbonyl (C=O) groups is 1. The van der Waals surface area contributed by atoms with E-state index >= 15 is 0 Å². The molecule has 1 amide bonds. The van der Waals surface area contributed by atoms with Crippen LogP contribution >= 0.6 is 0 Å². The van der Waals surface area contributed by atoms with Crippen molar-refractivity contribution in [1.82, 2.24) is 0 Å². The van der Waals surface area contributed by atoms with Crippen LogP contribution in [-0.4, -0.2) is 26.6 Å². The molecule has 0 heterocycles. The average Bonchev–Trinajstić information content (AvgIpc) is 2.61. The number of hydrogen-bond donors (Lipinski definition) is 1. The zero-order chi connectivity index (χ0) is 21.1. The molecule has 0 radical (unpaired) electrons. The maximum Gasteiger partial charge on any atom is 0.248 e. The Labute approximate surface area is 168 Å². The van der Waals surface area contributed by atoms with Crippen molar-refractivity contribution in [2.24, 2.45) is 0 Å². The minimum atomic E-state index is -3.65. The van der Waals surface area contributed by atoms with E-state index in [2.05, 4.69) is 19.2 Å². The number of benzene rings is 2. The molecule has 0 aliphatic heterocycles. The summed E-state index contributed by atoms with van der Waals surface area (Å²) in [5, 5.41) is 2.95. The maximum absolute atomic E-state index is 13.1. The largest absolute Gasteiger partial charge is 0.324 e. The molecule has 2 aromatic carbocycles. The van der Waals surface area contributed by atoms with Gasteiger partial charge in [-0.2, -0.15) is 0 Å². The Balaban J connectivity index is 2.44. The summed E-state index contributed by atoms with van der Waals surface area (Å²) in [6.07, 6.45) is 1.50. The molecule has 28 heavy (non-hydrogen) atoms. The van der Waals surface area contributed by atoms with Gasteiger partial charge in [0.25, 0.3) is 0 Å². The Kier molecular flexibility index (Phi) is 6.88. The Morgan fingerprint density at radius 3 is 2.25 bits per heavy atom. The van der Waals surface area contributed by atoms with E-state index in [0.717, 1.165) is 28.6 Å². The van der Waals surface area contributed by atoms with Crippen LogP contribution in [-0.2, 0) is 14.8 Å². The molecular weight excluding hydrogens is 372 g/mol. The number of anilines is 2. The summed E-state index contributed by atoms with van der Waals surface area (Å²) in [6.45, 7) is 9.83. The van der Waals surface area contributed by atoms with Crippen LogP contribution in [0.1, 0.15) is 49.8 Å². The molecule has 0 saturated carbocycles. The quantitative estimate of drug-likeness (QED) is 0.735. The van der Waals surface area contributed by atoms with Crippen molar-refractivity contribution >= 4 is 27.3 Å². The highest BCUT2D eigenvalue weighted by Gasteiger charge is 2.32. The third-order valence-electron chi connectivity index (χ3n) is 4.92. The summed E-state index contributed by atoms with van der Waals surface area (Å²) in [5.41, 5.74) is 4.29. The van der Waals surface area contributed by atoms with Gasteiger partial charge in [-0.15, -0.1) is 0 Å². The molecule has 6 heteroatoms. The number of aryl methyl sites for hydroxylation is 2. The zero-order valence-electron chi connectivity index (χ0n) is 17.5. The lowest BCUT2D eigenvalue weighted by Gasteiger charge is -2.31. The van der Waals surface area contributed by atoms with Gasteiger partial charge in [0.15, 0.2) is 0 Å². The molecule has 1 unspecified atom stereocenters. The highest BCUT2D eigenvalue weighted by atomic mass is 32.2. The van der Waals surface area contributed by atoms with Crippen LogP contribution in [0.5, 0.6) is 0 Å². The van der Waals surface area contributed by atoms with Gasteiger partial charge in [-0.25, -0.2) is 8.42 Å². The number of nitrogens with one attached hydrogen (secondary N) is 1. The SMILES string of the molecule is CCC(C(=O)Nc1ccccc1C(C)C)N(c1ccc(C)c(C)c1)S(C)(=O)=O. The van der Waals surface area contributed by atoms with Crippen LogP contribution in [0, 0.1) is 13.8 Å². The lowest BCUT2D eigenvalue weighted by Crippen LogP contribution is -2.47. The normalized spacial score (nSPS) is 12.7. The lowest BCUT2D eigenvalue weighted by molar-refractivity contribution is -0.117. The molecule has 0 saturated heterocycles. The van der Waals surface area contributed by atoms with Crippen LogP contribution < -0.4 is 9.62 Å². The van der Waals surface area contributed by atoms with Crippen LogP contribution in [0.4, 0.5) is 11.4 Å². The molecule has 1 N–H and O–H groups in total. The van der Waals surface area contributed by atoms with Crippen molar-refractivity contribution < 1.29 is 13.2 Å². The van der Waals surface area contributed by atoms with Crippen LogP contribution in [0.2, 0.25) is 0 Å². The summed E-state index contributed by atoms with van der Waals surface area (Å²) in [4.78, 5) is 13.1. The summed E-state index contributed by atoms with van der Waals surface area (Å²) in [6, 6.07) is 12.2. The fourth-order valence-electron chi connectivity index (χ4n) is 3.25. The van der Waals surface area contributed by atoms with Gasteiger partial charge < -0.3 is 5.32 Å². The fraction of sp³-hybridized carbons (Fsp3) is 0.409. The molecule has 0 aromatic heterocycles. The first kappa shape index (κ1) is 22.0. The molecule has 0 aliphatic carbocycles. The molecule has 2 rings (SSSR count). The van der Waals surface area contributed by atoms with Crippen LogP contribution in [0.3, 0.4) is 0 Å². The average molecular weight is 403 g/mol. The Hall–Kier alpha value is -2.34. The molecule has 0 spiro atoms. The Morgan fingerprint density at radius 2 is 1.71 bits per heavy atom. The zero-order valence-corrected chi connectivity index (χ0v) is 18.3. The predicted molar refractivity (Wildman–Crippen MR) is 116 cm³/mol. The molecule has 0 bridgehead atoms. The minimum Gasteiger partial charge on any atom is -0.324 e. The van der Waals surface area contributed by atoms with Gasteiger partial charge in [0.1, 0.15) is 6.04 Å². The monoisotopic (exact) mass is 402 g/mol. The first-order chi connectivity index (χ1) is 13.1. The van der Waals surface area contributed by atoms with Crippen LogP contribution in [0.15, 0.2) is 42.5 Å². The van der Waals surface area contributed by atoms with E-state index in [9.17, 15) is 13.2 Å². The number of hydrogen-bond acceptors (Lipinski definition) is 3. The second-order valence-corrected chi connectivity index (χ2v) is 9.34. The van der Waals surface area contributed by atoms with Crippen molar-refractivity contribution in [3.05, 3.63) is 59.2 Å². The van der Waals surface area contributed by atoms with Gasteiger partial charge in [0.05, 0.1) is 11.9 Å². The molecule has 1 atom stereocenters. The van der Waals surface area contributed by atoms with E-state index in [1.54, 1.807) is 6.07 Å². The molecule has 0 aliphatic rings. The van der Waals surface area contributed by atoms with Gasteiger partial charge >= 0.3 is 0 Å². The minimum absolute atomic E-state index is 0.238. The summed E-state index contributed by atoms with van der Waals surface area (Å²) in [7, 11) is -3.65. The van der Waals surface area contributed by atoms with Crippen molar-refractivity contribution in [2.75, 3.05) is 15.9 Å². The highest BCUT2D eigenvalue weighted by Crippen LogP contribution is 2.27. The molecular formula is C22H30N2O3S. The highest BCUT2D eigenvalue weighted by molar-refractivity contribution is 7.92. The molecule has 0 fully saturated rings. The molecule has 5 nitrogen and oxygen atoms in total. The van der Waals surface area contributed by atoms with Gasteiger partial charge in [0.2, 0.25) is 15.9 Å². The fourth-order valence-corrected chi connectivity index (χ4v) is 4.46.